The van der Waals surface area contributed by atoms with Gasteiger partial charge >= 0.3 is 0 Å². The van der Waals surface area contributed by atoms with E-state index >= 15 is 0 Å². The Labute approximate surface area is 274 Å². The number of nitrogens with one attached hydrogen (secondary N) is 1. The highest BCUT2D eigenvalue weighted by Gasteiger charge is 2.35. The zero-order chi connectivity index (χ0) is 31.8. The van der Waals surface area contributed by atoms with E-state index in [1.165, 1.54) is 0 Å². The van der Waals surface area contributed by atoms with Crippen molar-refractivity contribution in [1.82, 2.24) is 10.2 Å². The van der Waals surface area contributed by atoms with Crippen molar-refractivity contribution in [2.75, 3.05) is 10.8 Å². The molecule has 0 radical (unpaired) electrons. The van der Waals surface area contributed by atoms with E-state index in [1.54, 1.807) is 59.5 Å². The lowest BCUT2D eigenvalue weighted by molar-refractivity contribution is -0.140. The molecule has 2 amide bonds. The number of para-hydroxylation sites is 1. The largest absolute Gasteiger partial charge is 0.352 e. The Hall–Kier alpha value is -3.95. The van der Waals surface area contributed by atoms with Crippen molar-refractivity contribution in [3.05, 3.63) is 130 Å². The van der Waals surface area contributed by atoms with Crippen molar-refractivity contribution in [2.24, 2.45) is 0 Å². The van der Waals surface area contributed by atoms with Gasteiger partial charge in [-0.2, -0.15) is 0 Å². The van der Waals surface area contributed by atoms with Crippen LogP contribution in [0.25, 0.3) is 0 Å². The van der Waals surface area contributed by atoms with E-state index in [1.807, 2.05) is 61.5 Å². The molecule has 5 rings (SSSR count). The summed E-state index contributed by atoms with van der Waals surface area (Å²) in [4.78, 5) is 30.2. The number of amides is 2. The number of anilines is 1. The summed E-state index contributed by atoms with van der Waals surface area (Å²) in [6.45, 7) is 1.55. The van der Waals surface area contributed by atoms with Crippen molar-refractivity contribution < 1.29 is 18.0 Å². The van der Waals surface area contributed by atoms with E-state index in [9.17, 15) is 18.0 Å². The molecule has 0 heterocycles. The topological polar surface area (TPSA) is 86.8 Å². The van der Waals surface area contributed by atoms with Gasteiger partial charge in [-0.25, -0.2) is 8.42 Å². The zero-order valence-corrected chi connectivity index (χ0v) is 27.7. The summed E-state index contributed by atoms with van der Waals surface area (Å²) in [6, 6.07) is 31.6. The van der Waals surface area contributed by atoms with Gasteiger partial charge in [-0.15, -0.1) is 0 Å². The molecule has 1 fully saturated rings. The maximum Gasteiger partial charge on any atom is 0.264 e. The zero-order valence-electron chi connectivity index (χ0n) is 25.3. The Morgan fingerprint density at radius 2 is 1.42 bits per heavy atom. The van der Waals surface area contributed by atoms with Crippen LogP contribution in [0.2, 0.25) is 0 Å². The third-order valence-corrected chi connectivity index (χ3v) is 10.5. The highest BCUT2D eigenvalue weighted by atomic mass is 79.9. The van der Waals surface area contributed by atoms with Gasteiger partial charge in [-0.3, -0.25) is 13.9 Å². The van der Waals surface area contributed by atoms with E-state index in [0.29, 0.717) is 5.69 Å². The molecule has 1 saturated carbocycles. The normalized spacial score (nSPS) is 14.1. The average Bonchev–Trinajstić information content (AvgIpc) is 3.56. The van der Waals surface area contributed by atoms with Crippen LogP contribution < -0.4 is 9.62 Å². The minimum atomic E-state index is -4.12. The molecule has 1 aliphatic rings. The molecule has 0 unspecified atom stereocenters. The number of nitrogens with zero attached hydrogens (tertiary/aromatic N) is 2. The molecule has 7 nitrogen and oxygen atoms in total. The molecule has 9 heteroatoms. The van der Waals surface area contributed by atoms with Crippen LogP contribution in [-0.2, 0) is 32.6 Å². The van der Waals surface area contributed by atoms with E-state index in [4.69, 9.17) is 0 Å². The van der Waals surface area contributed by atoms with Gasteiger partial charge in [-0.1, -0.05) is 107 Å². The summed E-state index contributed by atoms with van der Waals surface area (Å²) in [6.07, 6.45) is 4.21. The molecule has 0 bridgehead atoms. The molecule has 1 atom stereocenters. The summed E-state index contributed by atoms with van der Waals surface area (Å²) in [7, 11) is -4.12. The number of hydrogen-bond acceptors (Lipinski definition) is 4. The number of carbonyl (C=O) groups excluding carboxylic acids is 2. The maximum absolute atomic E-state index is 14.5. The summed E-state index contributed by atoms with van der Waals surface area (Å²) < 4.78 is 30.2. The molecule has 0 spiro atoms. The van der Waals surface area contributed by atoms with Crippen LogP contribution in [0.15, 0.2) is 119 Å². The summed E-state index contributed by atoms with van der Waals surface area (Å²) >= 11 is 3.47. The Morgan fingerprint density at radius 3 is 2.04 bits per heavy atom. The summed E-state index contributed by atoms with van der Waals surface area (Å²) in [5.74, 6) is -0.705. The molecule has 234 valence electrons. The van der Waals surface area contributed by atoms with Crippen LogP contribution in [0, 0.1) is 6.92 Å². The van der Waals surface area contributed by atoms with Crippen molar-refractivity contribution in [3.8, 4) is 0 Å². The molecule has 45 heavy (non-hydrogen) atoms. The quantitative estimate of drug-likeness (QED) is 0.181. The van der Waals surface area contributed by atoms with E-state index < -0.39 is 28.5 Å². The average molecular weight is 689 g/mol. The Morgan fingerprint density at radius 1 is 0.822 bits per heavy atom. The number of carbonyl (C=O) groups is 2. The van der Waals surface area contributed by atoms with Crippen molar-refractivity contribution >= 4 is 43.5 Å². The fourth-order valence-corrected chi connectivity index (χ4v) is 7.35. The minimum Gasteiger partial charge on any atom is -0.352 e. The first-order chi connectivity index (χ1) is 21.7. The fourth-order valence-electron chi connectivity index (χ4n) is 5.67. The van der Waals surface area contributed by atoms with E-state index in [0.717, 1.165) is 51.2 Å². The predicted octanol–water partition coefficient (Wildman–Crippen LogP) is 6.65. The lowest BCUT2D eigenvalue weighted by atomic mass is 10.0. The van der Waals surface area contributed by atoms with Gasteiger partial charge in [0.15, 0.2) is 0 Å². The van der Waals surface area contributed by atoms with Gasteiger partial charge in [-0.05, 0) is 67.3 Å². The molecule has 4 aromatic rings. The standard InChI is InChI=1S/C36H38BrN3O4S/c1-27-16-22-33(23-17-27)45(43,44)40(32-14-6-3-7-15-32)26-35(41)39(25-29-18-20-30(37)21-19-29)34(24-28-10-4-2-5-11-28)36(42)38-31-12-8-9-13-31/h2-7,10-11,14-23,31,34H,8-9,12-13,24-26H2,1H3,(H,38,42)/t34-/m0/s1. The van der Waals surface area contributed by atoms with Crippen molar-refractivity contribution in [1.29, 1.82) is 0 Å². The number of benzene rings is 4. The fraction of sp³-hybridized carbons (Fsp3) is 0.278. The van der Waals surface area contributed by atoms with Gasteiger partial charge < -0.3 is 10.2 Å². The van der Waals surface area contributed by atoms with Crippen LogP contribution in [0.3, 0.4) is 0 Å². The molecule has 0 saturated heterocycles. The Balaban J connectivity index is 1.54. The Kier molecular flexibility index (Phi) is 10.7. The molecular formula is C36H38BrN3O4S. The second-order valence-electron chi connectivity index (χ2n) is 11.5. The predicted molar refractivity (Wildman–Crippen MR) is 181 cm³/mol. The number of halogens is 1. The van der Waals surface area contributed by atoms with Gasteiger partial charge in [0, 0.05) is 23.5 Å². The highest BCUT2D eigenvalue weighted by Crippen LogP contribution is 2.26. The summed E-state index contributed by atoms with van der Waals surface area (Å²) in [5.41, 5.74) is 3.02. The second-order valence-corrected chi connectivity index (χ2v) is 14.3. The SMILES string of the molecule is Cc1ccc(S(=O)(=O)N(CC(=O)N(Cc2ccc(Br)cc2)[C@@H](Cc2ccccc2)C(=O)NC2CCCC2)c2ccccc2)cc1. The van der Waals surface area contributed by atoms with Crippen LogP contribution >= 0.6 is 15.9 Å². The van der Waals surface area contributed by atoms with Gasteiger partial charge in [0.1, 0.15) is 12.6 Å². The smallest absolute Gasteiger partial charge is 0.264 e. The Bertz CT molecular complexity index is 1680. The van der Waals surface area contributed by atoms with Gasteiger partial charge in [0.05, 0.1) is 10.6 Å². The number of rotatable bonds is 12. The van der Waals surface area contributed by atoms with Gasteiger partial charge in [0.25, 0.3) is 10.0 Å². The first-order valence-corrected chi connectivity index (χ1v) is 17.5. The molecule has 0 aromatic heterocycles. The van der Waals surface area contributed by atoms with Crippen molar-refractivity contribution in [2.45, 2.75) is 62.6 Å². The number of aryl methyl sites for hydroxylation is 1. The molecule has 1 N–H and O–H groups in total. The van der Waals surface area contributed by atoms with Crippen LogP contribution in [-0.4, -0.2) is 43.8 Å². The molecular weight excluding hydrogens is 650 g/mol. The lowest BCUT2D eigenvalue weighted by Crippen LogP contribution is -2.54. The van der Waals surface area contributed by atoms with E-state index in [-0.39, 0.29) is 29.8 Å². The first kappa shape index (κ1) is 32.4. The van der Waals surface area contributed by atoms with Crippen LogP contribution in [0.4, 0.5) is 5.69 Å². The monoisotopic (exact) mass is 687 g/mol. The van der Waals surface area contributed by atoms with E-state index in [2.05, 4.69) is 21.2 Å². The third kappa shape index (κ3) is 8.41. The second kappa shape index (κ2) is 14.9. The molecule has 1 aliphatic carbocycles. The maximum atomic E-state index is 14.5. The lowest BCUT2D eigenvalue weighted by Gasteiger charge is -2.34. The van der Waals surface area contributed by atoms with Crippen LogP contribution in [0.1, 0.15) is 42.4 Å². The summed E-state index contributed by atoms with van der Waals surface area (Å²) in [5, 5.41) is 3.20. The first-order valence-electron chi connectivity index (χ1n) is 15.2. The van der Waals surface area contributed by atoms with Crippen LogP contribution in [0.5, 0.6) is 0 Å². The third-order valence-electron chi connectivity index (χ3n) is 8.17. The molecule has 0 aliphatic heterocycles. The minimum absolute atomic E-state index is 0.0585. The molecule has 4 aromatic carbocycles. The highest BCUT2D eigenvalue weighted by molar-refractivity contribution is 9.10. The van der Waals surface area contributed by atoms with Crippen molar-refractivity contribution in [3.63, 3.8) is 0 Å². The number of sulfonamides is 1. The van der Waals surface area contributed by atoms with Gasteiger partial charge in [0.2, 0.25) is 11.8 Å². The number of hydrogen-bond donors (Lipinski definition) is 1.